The lowest BCUT2D eigenvalue weighted by Gasteiger charge is -2.46. The Morgan fingerprint density at radius 1 is 1.31 bits per heavy atom. The van der Waals surface area contributed by atoms with Crippen LogP contribution in [-0.4, -0.2) is 61.7 Å². The van der Waals surface area contributed by atoms with Crippen LogP contribution in [0.15, 0.2) is 0 Å². The third-order valence-electron chi connectivity index (χ3n) is 4.31. The molecule has 1 N–H and O–H groups in total. The van der Waals surface area contributed by atoms with Gasteiger partial charge in [0.25, 0.3) is 0 Å². The van der Waals surface area contributed by atoms with Gasteiger partial charge in [-0.15, -0.1) is 0 Å². The van der Waals surface area contributed by atoms with Crippen molar-refractivity contribution in [3.8, 4) is 0 Å². The smallest absolute Gasteiger partial charge is 0.0277 e. The van der Waals surface area contributed by atoms with Crippen molar-refractivity contribution >= 4 is 0 Å². The normalized spacial score (nSPS) is 32.8. The van der Waals surface area contributed by atoms with Gasteiger partial charge in [-0.05, 0) is 52.7 Å². The summed E-state index contributed by atoms with van der Waals surface area (Å²) >= 11 is 0. The van der Waals surface area contributed by atoms with Gasteiger partial charge >= 0.3 is 0 Å². The van der Waals surface area contributed by atoms with Gasteiger partial charge in [-0.2, -0.15) is 0 Å². The molecule has 0 aromatic heterocycles. The maximum absolute atomic E-state index is 3.52. The fourth-order valence-corrected chi connectivity index (χ4v) is 2.94. The quantitative estimate of drug-likeness (QED) is 0.757. The van der Waals surface area contributed by atoms with E-state index in [1.807, 2.05) is 0 Å². The summed E-state index contributed by atoms with van der Waals surface area (Å²) in [6.45, 7) is 12.2. The topological polar surface area (TPSA) is 18.5 Å². The summed E-state index contributed by atoms with van der Waals surface area (Å²) in [5, 5.41) is 3.52. The predicted octanol–water partition coefficient (Wildman–Crippen LogP) is 1.01. The summed E-state index contributed by atoms with van der Waals surface area (Å²) < 4.78 is 0. The van der Waals surface area contributed by atoms with Crippen LogP contribution in [0.1, 0.15) is 26.7 Å². The molecule has 2 saturated heterocycles. The van der Waals surface area contributed by atoms with E-state index >= 15 is 0 Å². The van der Waals surface area contributed by atoms with Crippen molar-refractivity contribution in [1.29, 1.82) is 0 Å². The molecule has 1 unspecified atom stereocenters. The fourth-order valence-electron chi connectivity index (χ4n) is 2.94. The molecule has 0 amide bonds. The van der Waals surface area contributed by atoms with E-state index < -0.39 is 0 Å². The molecule has 2 rings (SSSR count). The van der Waals surface area contributed by atoms with E-state index in [1.165, 1.54) is 52.1 Å². The van der Waals surface area contributed by atoms with Crippen LogP contribution in [0, 0.1) is 5.92 Å². The first-order valence-corrected chi connectivity index (χ1v) is 6.72. The van der Waals surface area contributed by atoms with Crippen LogP contribution in [0.4, 0.5) is 0 Å². The highest BCUT2D eigenvalue weighted by molar-refractivity contribution is 4.89. The molecule has 94 valence electrons. The average molecular weight is 225 g/mol. The molecule has 2 aliphatic heterocycles. The molecule has 1 atom stereocenters. The van der Waals surface area contributed by atoms with Gasteiger partial charge in [0.05, 0.1) is 0 Å². The molecule has 16 heavy (non-hydrogen) atoms. The first-order chi connectivity index (χ1) is 7.58. The molecular formula is C13H27N3. The van der Waals surface area contributed by atoms with Gasteiger partial charge in [-0.3, -0.25) is 9.80 Å². The highest BCUT2D eigenvalue weighted by Gasteiger charge is 2.31. The third kappa shape index (κ3) is 2.96. The van der Waals surface area contributed by atoms with Crippen LogP contribution in [0.25, 0.3) is 0 Å². The van der Waals surface area contributed by atoms with Gasteiger partial charge in [-0.25, -0.2) is 0 Å². The fraction of sp³-hybridized carbons (Fsp3) is 1.00. The zero-order valence-electron chi connectivity index (χ0n) is 11.1. The van der Waals surface area contributed by atoms with Crippen molar-refractivity contribution in [2.75, 3.05) is 46.3 Å². The zero-order valence-corrected chi connectivity index (χ0v) is 11.1. The van der Waals surface area contributed by atoms with Crippen molar-refractivity contribution in [2.24, 2.45) is 5.92 Å². The van der Waals surface area contributed by atoms with Crippen molar-refractivity contribution < 1.29 is 0 Å². The lowest BCUT2D eigenvalue weighted by molar-refractivity contribution is 0.0301. The Hall–Kier alpha value is -0.120. The molecule has 2 heterocycles. The minimum absolute atomic E-state index is 0.348. The molecule has 2 fully saturated rings. The second-order valence-corrected chi connectivity index (χ2v) is 6.18. The Balaban J connectivity index is 1.81. The highest BCUT2D eigenvalue weighted by Crippen LogP contribution is 2.21. The zero-order chi connectivity index (χ0) is 11.6. The second kappa shape index (κ2) is 5.03. The molecule has 0 aliphatic carbocycles. The van der Waals surface area contributed by atoms with Gasteiger partial charge in [0.15, 0.2) is 0 Å². The minimum atomic E-state index is 0.348. The molecule has 0 radical (unpaired) electrons. The van der Waals surface area contributed by atoms with Crippen molar-refractivity contribution in [3.63, 3.8) is 0 Å². The SMILES string of the molecule is CN1CCN(CC2CCCNC2)CC1(C)C. The number of rotatable bonds is 2. The second-order valence-electron chi connectivity index (χ2n) is 6.18. The summed E-state index contributed by atoms with van der Waals surface area (Å²) in [5.41, 5.74) is 0.348. The Morgan fingerprint density at radius 3 is 2.75 bits per heavy atom. The number of piperidine rings is 1. The van der Waals surface area contributed by atoms with Crippen LogP contribution in [0.3, 0.4) is 0 Å². The van der Waals surface area contributed by atoms with Crippen molar-refractivity contribution in [2.45, 2.75) is 32.2 Å². The van der Waals surface area contributed by atoms with Crippen LogP contribution < -0.4 is 5.32 Å². The predicted molar refractivity (Wildman–Crippen MR) is 68.7 cm³/mol. The summed E-state index contributed by atoms with van der Waals surface area (Å²) in [6, 6.07) is 0. The standard InChI is InChI=1S/C13H27N3/c1-13(2)11-16(8-7-15(13)3)10-12-5-4-6-14-9-12/h12,14H,4-11H2,1-3H3. The van der Waals surface area contributed by atoms with E-state index in [0.717, 1.165) is 5.92 Å². The van der Waals surface area contributed by atoms with Crippen LogP contribution in [0.5, 0.6) is 0 Å². The maximum Gasteiger partial charge on any atom is 0.0277 e. The summed E-state index contributed by atoms with van der Waals surface area (Å²) in [4.78, 5) is 5.15. The monoisotopic (exact) mass is 225 g/mol. The van der Waals surface area contributed by atoms with Gasteiger partial charge in [0, 0.05) is 31.7 Å². The average Bonchev–Trinajstić information content (AvgIpc) is 2.25. The molecular weight excluding hydrogens is 198 g/mol. The van der Waals surface area contributed by atoms with E-state index in [2.05, 4.69) is 36.0 Å². The number of likely N-dealkylation sites (N-methyl/N-ethyl adjacent to an activating group) is 1. The lowest BCUT2D eigenvalue weighted by Crippen LogP contribution is -2.58. The summed E-state index contributed by atoms with van der Waals surface area (Å²) in [6.07, 6.45) is 2.78. The molecule has 0 spiro atoms. The molecule has 0 aromatic carbocycles. The largest absolute Gasteiger partial charge is 0.316 e. The highest BCUT2D eigenvalue weighted by atomic mass is 15.3. The van der Waals surface area contributed by atoms with Gasteiger partial charge in [0.1, 0.15) is 0 Å². The number of nitrogens with zero attached hydrogens (tertiary/aromatic N) is 2. The van der Waals surface area contributed by atoms with E-state index in [-0.39, 0.29) is 0 Å². The number of hydrogen-bond acceptors (Lipinski definition) is 3. The van der Waals surface area contributed by atoms with E-state index in [4.69, 9.17) is 0 Å². The number of nitrogens with one attached hydrogen (secondary N) is 1. The van der Waals surface area contributed by atoms with Crippen LogP contribution in [0.2, 0.25) is 0 Å². The van der Waals surface area contributed by atoms with Crippen molar-refractivity contribution in [3.05, 3.63) is 0 Å². The van der Waals surface area contributed by atoms with Crippen LogP contribution >= 0.6 is 0 Å². The van der Waals surface area contributed by atoms with Crippen LogP contribution in [-0.2, 0) is 0 Å². The van der Waals surface area contributed by atoms with E-state index in [0.29, 0.717) is 5.54 Å². The first-order valence-electron chi connectivity index (χ1n) is 6.72. The molecule has 0 bridgehead atoms. The summed E-state index contributed by atoms with van der Waals surface area (Å²) in [7, 11) is 2.25. The Morgan fingerprint density at radius 2 is 2.12 bits per heavy atom. The summed E-state index contributed by atoms with van der Waals surface area (Å²) in [5.74, 6) is 0.882. The molecule has 0 saturated carbocycles. The maximum atomic E-state index is 3.52. The minimum Gasteiger partial charge on any atom is -0.316 e. The lowest BCUT2D eigenvalue weighted by atomic mass is 9.95. The Labute approximate surface area is 100 Å². The Kier molecular flexibility index (Phi) is 3.88. The van der Waals surface area contributed by atoms with Gasteiger partial charge in [-0.1, -0.05) is 0 Å². The number of piperazine rings is 1. The molecule has 3 heteroatoms. The molecule has 3 nitrogen and oxygen atoms in total. The van der Waals surface area contributed by atoms with E-state index in [9.17, 15) is 0 Å². The Bertz CT molecular complexity index is 221. The van der Waals surface area contributed by atoms with Gasteiger partial charge < -0.3 is 5.32 Å². The molecule has 0 aromatic rings. The number of hydrogen-bond donors (Lipinski definition) is 1. The van der Waals surface area contributed by atoms with E-state index in [1.54, 1.807) is 0 Å². The first kappa shape index (κ1) is 12.3. The van der Waals surface area contributed by atoms with Gasteiger partial charge in [0.2, 0.25) is 0 Å². The molecule has 2 aliphatic rings. The third-order valence-corrected chi connectivity index (χ3v) is 4.31. The van der Waals surface area contributed by atoms with Crippen molar-refractivity contribution in [1.82, 2.24) is 15.1 Å².